The molecule has 116 valence electrons. The number of aromatic nitrogens is 1. The van der Waals surface area contributed by atoms with Crippen molar-refractivity contribution in [3.05, 3.63) is 53.2 Å². The van der Waals surface area contributed by atoms with Crippen molar-refractivity contribution < 1.29 is 9.47 Å². The number of benzene rings is 1. The van der Waals surface area contributed by atoms with E-state index in [2.05, 4.69) is 22.0 Å². The summed E-state index contributed by atoms with van der Waals surface area (Å²) < 4.78 is 11.2. The van der Waals surface area contributed by atoms with Crippen molar-refractivity contribution in [3.8, 4) is 5.75 Å². The van der Waals surface area contributed by atoms with Crippen LogP contribution < -0.4 is 9.64 Å². The van der Waals surface area contributed by atoms with Gasteiger partial charge in [-0.25, -0.2) is 4.98 Å². The van der Waals surface area contributed by atoms with Crippen molar-refractivity contribution in [1.82, 2.24) is 4.98 Å². The highest BCUT2D eigenvalue weighted by atomic mass is 35.5. The average Bonchev–Trinajstić information content (AvgIpc) is 2.56. The first-order chi connectivity index (χ1) is 10.8. The number of methoxy groups -OCH3 is 1. The van der Waals surface area contributed by atoms with Gasteiger partial charge < -0.3 is 14.4 Å². The highest BCUT2D eigenvalue weighted by molar-refractivity contribution is 6.32. The van der Waals surface area contributed by atoms with E-state index in [9.17, 15) is 0 Å². The molecule has 2 aromatic rings. The maximum absolute atomic E-state index is 6.24. The van der Waals surface area contributed by atoms with E-state index in [0.717, 1.165) is 31.1 Å². The number of pyridine rings is 1. The third-order valence-electron chi connectivity index (χ3n) is 3.77. The molecule has 0 spiro atoms. The van der Waals surface area contributed by atoms with E-state index >= 15 is 0 Å². The molecular formula is C17H19ClN2O2. The molecule has 1 aromatic carbocycles. The summed E-state index contributed by atoms with van der Waals surface area (Å²) in [5, 5.41) is 0.685. The quantitative estimate of drug-likeness (QED) is 0.867. The van der Waals surface area contributed by atoms with Gasteiger partial charge >= 0.3 is 0 Å². The summed E-state index contributed by atoms with van der Waals surface area (Å²) in [7, 11) is 1.68. The van der Waals surface area contributed by atoms with Crippen molar-refractivity contribution in [3.63, 3.8) is 0 Å². The molecule has 0 amide bonds. The Morgan fingerprint density at radius 1 is 1.36 bits per heavy atom. The topological polar surface area (TPSA) is 34.6 Å². The minimum atomic E-state index is 0.124. The van der Waals surface area contributed by atoms with Crippen LogP contribution in [0.5, 0.6) is 5.75 Å². The second-order valence-corrected chi connectivity index (χ2v) is 5.71. The first-order valence-electron chi connectivity index (χ1n) is 7.36. The van der Waals surface area contributed by atoms with E-state index in [1.54, 1.807) is 13.3 Å². The highest BCUT2D eigenvalue weighted by Crippen LogP contribution is 2.25. The van der Waals surface area contributed by atoms with Crippen LogP contribution in [0.1, 0.15) is 5.56 Å². The lowest BCUT2D eigenvalue weighted by atomic mass is 10.1. The Morgan fingerprint density at radius 3 is 3.09 bits per heavy atom. The fourth-order valence-electron chi connectivity index (χ4n) is 2.71. The van der Waals surface area contributed by atoms with Crippen molar-refractivity contribution in [2.24, 2.45) is 0 Å². The lowest BCUT2D eigenvalue weighted by molar-refractivity contribution is 0.0408. The van der Waals surface area contributed by atoms with E-state index in [1.807, 2.05) is 24.3 Å². The normalized spacial score (nSPS) is 18.3. The van der Waals surface area contributed by atoms with E-state index in [0.29, 0.717) is 11.6 Å². The average molecular weight is 319 g/mol. The van der Waals surface area contributed by atoms with Crippen LogP contribution in [0.3, 0.4) is 0 Å². The number of morpholine rings is 1. The van der Waals surface area contributed by atoms with Gasteiger partial charge in [0.1, 0.15) is 11.6 Å². The number of hydrogen-bond acceptors (Lipinski definition) is 4. The Hall–Kier alpha value is -1.78. The molecule has 0 radical (unpaired) electrons. The second-order valence-electron chi connectivity index (χ2n) is 5.30. The van der Waals surface area contributed by atoms with E-state index in [-0.39, 0.29) is 6.10 Å². The van der Waals surface area contributed by atoms with E-state index in [1.165, 1.54) is 5.56 Å². The van der Waals surface area contributed by atoms with E-state index < -0.39 is 0 Å². The Labute approximate surface area is 135 Å². The van der Waals surface area contributed by atoms with Crippen LogP contribution in [-0.2, 0) is 11.2 Å². The number of ether oxygens (including phenoxy) is 2. The molecule has 1 aromatic heterocycles. The van der Waals surface area contributed by atoms with Crippen LogP contribution >= 0.6 is 11.6 Å². The molecule has 2 heterocycles. The molecule has 1 fully saturated rings. The Kier molecular flexibility index (Phi) is 4.80. The van der Waals surface area contributed by atoms with Gasteiger partial charge in [0.2, 0.25) is 0 Å². The number of anilines is 1. The molecular weight excluding hydrogens is 300 g/mol. The predicted molar refractivity (Wildman–Crippen MR) is 87.9 cm³/mol. The van der Waals surface area contributed by atoms with Gasteiger partial charge in [-0.05, 0) is 29.8 Å². The Morgan fingerprint density at radius 2 is 2.27 bits per heavy atom. The number of rotatable bonds is 4. The van der Waals surface area contributed by atoms with Gasteiger partial charge in [0.25, 0.3) is 0 Å². The molecule has 1 aliphatic heterocycles. The van der Waals surface area contributed by atoms with Crippen LogP contribution in [0.25, 0.3) is 0 Å². The number of hydrogen-bond donors (Lipinski definition) is 0. The van der Waals surface area contributed by atoms with Crippen molar-refractivity contribution >= 4 is 17.4 Å². The third-order valence-corrected chi connectivity index (χ3v) is 4.07. The monoisotopic (exact) mass is 318 g/mol. The molecule has 0 bridgehead atoms. The number of nitrogens with zero attached hydrogens (tertiary/aromatic N) is 2. The summed E-state index contributed by atoms with van der Waals surface area (Å²) >= 11 is 6.24. The maximum atomic E-state index is 6.24. The molecule has 1 saturated heterocycles. The van der Waals surface area contributed by atoms with Crippen LogP contribution in [0.15, 0.2) is 42.6 Å². The van der Waals surface area contributed by atoms with Gasteiger partial charge in [0.05, 0.1) is 24.8 Å². The minimum absolute atomic E-state index is 0.124. The summed E-state index contributed by atoms with van der Waals surface area (Å²) in [5.74, 6) is 1.71. The summed E-state index contributed by atoms with van der Waals surface area (Å²) in [6, 6.07) is 11.8. The van der Waals surface area contributed by atoms with Gasteiger partial charge in [-0.2, -0.15) is 0 Å². The first kappa shape index (κ1) is 15.1. The van der Waals surface area contributed by atoms with Crippen LogP contribution in [0.2, 0.25) is 5.02 Å². The molecule has 0 N–H and O–H groups in total. The Balaban J connectivity index is 1.69. The summed E-state index contributed by atoms with van der Waals surface area (Å²) in [6.07, 6.45) is 2.74. The predicted octanol–water partition coefficient (Wildman–Crippen LogP) is 3.19. The lowest BCUT2D eigenvalue weighted by Crippen LogP contribution is -2.44. The molecule has 1 atom stereocenters. The van der Waals surface area contributed by atoms with Gasteiger partial charge in [0.15, 0.2) is 0 Å². The van der Waals surface area contributed by atoms with Crippen molar-refractivity contribution in [2.75, 3.05) is 31.7 Å². The maximum Gasteiger partial charge on any atom is 0.147 e. The standard InChI is InChI=1S/C17H19ClN2O2/c1-21-14-5-2-4-13(10-14)11-15-12-20(8-9-22-15)17-16(18)6-3-7-19-17/h2-7,10,15H,8-9,11-12H2,1H3. The smallest absolute Gasteiger partial charge is 0.147 e. The molecule has 1 unspecified atom stereocenters. The zero-order chi connectivity index (χ0) is 15.4. The zero-order valence-electron chi connectivity index (χ0n) is 12.5. The van der Waals surface area contributed by atoms with E-state index in [4.69, 9.17) is 21.1 Å². The first-order valence-corrected chi connectivity index (χ1v) is 7.74. The summed E-state index contributed by atoms with van der Waals surface area (Å²) in [4.78, 5) is 6.58. The molecule has 3 rings (SSSR count). The molecule has 0 aliphatic carbocycles. The van der Waals surface area contributed by atoms with Crippen molar-refractivity contribution in [2.45, 2.75) is 12.5 Å². The fraction of sp³-hybridized carbons (Fsp3) is 0.353. The largest absolute Gasteiger partial charge is 0.497 e. The Bertz CT molecular complexity index is 636. The summed E-state index contributed by atoms with van der Waals surface area (Å²) in [6.45, 7) is 2.28. The van der Waals surface area contributed by atoms with Crippen LogP contribution in [0.4, 0.5) is 5.82 Å². The molecule has 1 aliphatic rings. The van der Waals surface area contributed by atoms with Crippen LogP contribution in [0, 0.1) is 0 Å². The highest BCUT2D eigenvalue weighted by Gasteiger charge is 2.23. The van der Waals surface area contributed by atoms with Crippen LogP contribution in [-0.4, -0.2) is 37.9 Å². The van der Waals surface area contributed by atoms with Gasteiger partial charge in [-0.3, -0.25) is 0 Å². The van der Waals surface area contributed by atoms with Gasteiger partial charge in [0, 0.05) is 25.7 Å². The van der Waals surface area contributed by atoms with Gasteiger partial charge in [-0.1, -0.05) is 23.7 Å². The lowest BCUT2D eigenvalue weighted by Gasteiger charge is -2.34. The van der Waals surface area contributed by atoms with Crippen molar-refractivity contribution in [1.29, 1.82) is 0 Å². The molecule has 5 heteroatoms. The number of halogens is 1. The fourth-order valence-corrected chi connectivity index (χ4v) is 2.95. The molecule has 0 saturated carbocycles. The third kappa shape index (κ3) is 3.51. The summed E-state index contributed by atoms with van der Waals surface area (Å²) in [5.41, 5.74) is 1.21. The molecule has 22 heavy (non-hydrogen) atoms. The van der Waals surface area contributed by atoms with Gasteiger partial charge in [-0.15, -0.1) is 0 Å². The SMILES string of the molecule is COc1cccc(CC2CN(c3ncccc3Cl)CCO2)c1. The second kappa shape index (κ2) is 6.99. The molecule has 4 nitrogen and oxygen atoms in total. The minimum Gasteiger partial charge on any atom is -0.497 e. The zero-order valence-corrected chi connectivity index (χ0v) is 13.3.